The molecule has 0 aromatic rings. The molecule has 2 rings (SSSR count). The number of carbonyl (C=O) groups excluding carboxylic acids is 1. The molecule has 0 aliphatic carbocycles. The average molecular weight is 239 g/mol. The highest BCUT2D eigenvalue weighted by atomic mass is 16.2. The number of amides is 1. The summed E-state index contributed by atoms with van der Waals surface area (Å²) in [7, 11) is 1.98. The Morgan fingerprint density at radius 3 is 2.59 bits per heavy atom. The van der Waals surface area contributed by atoms with Gasteiger partial charge < -0.3 is 15.1 Å². The second kappa shape index (κ2) is 5.83. The van der Waals surface area contributed by atoms with Crippen LogP contribution < -0.4 is 5.32 Å². The van der Waals surface area contributed by atoms with Gasteiger partial charge in [0, 0.05) is 26.2 Å². The third kappa shape index (κ3) is 2.99. The standard InChI is InChI=1S/C13H25N3O/c1-3-16-9-6-11(7-10-16)15(2)13(17)12-5-4-8-14-12/h11-12,14H,3-10H2,1-2H3/t12-/m1/s1. The fourth-order valence-corrected chi connectivity index (χ4v) is 2.94. The van der Waals surface area contributed by atoms with Gasteiger partial charge in [0.15, 0.2) is 0 Å². The Morgan fingerprint density at radius 2 is 2.06 bits per heavy atom. The molecule has 0 aromatic heterocycles. The summed E-state index contributed by atoms with van der Waals surface area (Å²) >= 11 is 0. The number of carbonyl (C=O) groups is 1. The Morgan fingerprint density at radius 1 is 1.35 bits per heavy atom. The molecule has 98 valence electrons. The molecule has 0 radical (unpaired) electrons. The van der Waals surface area contributed by atoms with Gasteiger partial charge in [0.1, 0.15) is 0 Å². The minimum absolute atomic E-state index is 0.0872. The molecule has 1 amide bonds. The van der Waals surface area contributed by atoms with Gasteiger partial charge >= 0.3 is 0 Å². The van der Waals surface area contributed by atoms with Crippen molar-refractivity contribution in [3.05, 3.63) is 0 Å². The maximum Gasteiger partial charge on any atom is 0.239 e. The van der Waals surface area contributed by atoms with Gasteiger partial charge in [0.05, 0.1) is 6.04 Å². The number of nitrogens with zero attached hydrogens (tertiary/aromatic N) is 2. The molecule has 1 N–H and O–H groups in total. The molecule has 4 nitrogen and oxygen atoms in total. The fraction of sp³-hybridized carbons (Fsp3) is 0.923. The molecular weight excluding hydrogens is 214 g/mol. The van der Waals surface area contributed by atoms with Crippen LogP contribution >= 0.6 is 0 Å². The summed E-state index contributed by atoms with van der Waals surface area (Å²) in [5, 5.41) is 3.29. The predicted octanol–water partition coefficient (Wildman–Crippen LogP) is 0.681. The normalized spacial score (nSPS) is 27.3. The third-order valence-electron chi connectivity index (χ3n) is 4.26. The van der Waals surface area contributed by atoms with Crippen LogP contribution in [0.25, 0.3) is 0 Å². The van der Waals surface area contributed by atoms with E-state index in [4.69, 9.17) is 0 Å². The van der Waals surface area contributed by atoms with Crippen LogP contribution in [0.4, 0.5) is 0 Å². The van der Waals surface area contributed by atoms with Crippen molar-refractivity contribution in [3.8, 4) is 0 Å². The van der Waals surface area contributed by atoms with Crippen LogP contribution in [0.3, 0.4) is 0 Å². The largest absolute Gasteiger partial charge is 0.341 e. The molecule has 4 heteroatoms. The second-order valence-corrected chi connectivity index (χ2v) is 5.26. The Balaban J connectivity index is 1.83. The van der Waals surface area contributed by atoms with E-state index in [1.165, 1.54) is 0 Å². The highest BCUT2D eigenvalue weighted by Gasteiger charge is 2.30. The maximum atomic E-state index is 12.2. The van der Waals surface area contributed by atoms with Crippen LogP contribution in [-0.2, 0) is 4.79 Å². The SMILES string of the molecule is CCN1CCC(N(C)C(=O)[C@H]2CCCN2)CC1. The van der Waals surface area contributed by atoms with E-state index >= 15 is 0 Å². The molecule has 2 fully saturated rings. The first-order chi connectivity index (χ1) is 8.22. The van der Waals surface area contributed by atoms with Gasteiger partial charge in [-0.05, 0) is 38.8 Å². The molecule has 17 heavy (non-hydrogen) atoms. The molecule has 2 heterocycles. The van der Waals surface area contributed by atoms with E-state index in [-0.39, 0.29) is 6.04 Å². The lowest BCUT2D eigenvalue weighted by atomic mass is 10.0. The van der Waals surface area contributed by atoms with Gasteiger partial charge in [-0.25, -0.2) is 0 Å². The van der Waals surface area contributed by atoms with Crippen LogP contribution in [0.15, 0.2) is 0 Å². The lowest BCUT2D eigenvalue weighted by Crippen LogP contribution is -2.50. The number of rotatable bonds is 3. The summed E-state index contributed by atoms with van der Waals surface area (Å²) in [5.74, 6) is 0.303. The molecule has 2 aliphatic rings. The monoisotopic (exact) mass is 239 g/mol. The van der Waals surface area contributed by atoms with Gasteiger partial charge in [0.2, 0.25) is 5.91 Å². The van der Waals surface area contributed by atoms with Crippen LogP contribution in [-0.4, -0.2) is 61.0 Å². The summed E-state index contributed by atoms with van der Waals surface area (Å²) in [4.78, 5) is 16.7. The predicted molar refractivity (Wildman–Crippen MR) is 68.9 cm³/mol. The summed E-state index contributed by atoms with van der Waals surface area (Å²) in [6, 6.07) is 0.539. The van der Waals surface area contributed by atoms with Gasteiger partial charge in [-0.1, -0.05) is 6.92 Å². The number of likely N-dealkylation sites (N-methyl/N-ethyl adjacent to an activating group) is 1. The van der Waals surface area contributed by atoms with E-state index in [0.717, 1.165) is 51.9 Å². The molecule has 1 atom stereocenters. The van der Waals surface area contributed by atoms with E-state index in [0.29, 0.717) is 11.9 Å². The third-order valence-corrected chi connectivity index (χ3v) is 4.26. The van der Waals surface area contributed by atoms with Crippen LogP contribution in [0, 0.1) is 0 Å². The number of hydrogen-bond acceptors (Lipinski definition) is 3. The maximum absolute atomic E-state index is 12.2. The molecular formula is C13H25N3O. The molecule has 0 unspecified atom stereocenters. The van der Waals surface area contributed by atoms with E-state index < -0.39 is 0 Å². The van der Waals surface area contributed by atoms with Gasteiger partial charge in [0.25, 0.3) is 0 Å². The van der Waals surface area contributed by atoms with Crippen LogP contribution in [0.5, 0.6) is 0 Å². The molecule has 0 saturated carbocycles. The van der Waals surface area contributed by atoms with Crippen molar-refractivity contribution >= 4 is 5.91 Å². The Bertz CT molecular complexity index is 255. The second-order valence-electron chi connectivity index (χ2n) is 5.26. The van der Waals surface area contributed by atoms with Gasteiger partial charge in [-0.15, -0.1) is 0 Å². The molecule has 0 spiro atoms. The zero-order chi connectivity index (χ0) is 12.3. The van der Waals surface area contributed by atoms with Gasteiger partial charge in [-0.2, -0.15) is 0 Å². The van der Waals surface area contributed by atoms with Crippen molar-refractivity contribution in [1.29, 1.82) is 0 Å². The summed E-state index contributed by atoms with van der Waals surface area (Å²) < 4.78 is 0. The number of piperidine rings is 1. The number of likely N-dealkylation sites (tertiary alicyclic amines) is 1. The minimum atomic E-state index is 0.0872. The summed E-state index contributed by atoms with van der Waals surface area (Å²) in [6.07, 6.45) is 4.40. The topological polar surface area (TPSA) is 35.6 Å². The zero-order valence-corrected chi connectivity index (χ0v) is 11.1. The molecule has 2 saturated heterocycles. The first-order valence-electron chi connectivity index (χ1n) is 6.94. The fourth-order valence-electron chi connectivity index (χ4n) is 2.94. The highest BCUT2D eigenvalue weighted by molar-refractivity contribution is 5.82. The number of hydrogen-bond donors (Lipinski definition) is 1. The number of nitrogens with one attached hydrogen (secondary N) is 1. The lowest BCUT2D eigenvalue weighted by Gasteiger charge is -2.37. The molecule has 0 bridgehead atoms. The van der Waals surface area contributed by atoms with E-state index in [1.807, 2.05) is 11.9 Å². The first-order valence-corrected chi connectivity index (χ1v) is 6.94. The van der Waals surface area contributed by atoms with Crippen molar-refractivity contribution in [2.45, 2.75) is 44.7 Å². The van der Waals surface area contributed by atoms with Crippen molar-refractivity contribution in [2.24, 2.45) is 0 Å². The van der Waals surface area contributed by atoms with Crippen molar-refractivity contribution in [2.75, 3.05) is 33.2 Å². The first kappa shape index (κ1) is 12.8. The Labute approximate surface area is 104 Å². The van der Waals surface area contributed by atoms with Gasteiger partial charge in [-0.3, -0.25) is 4.79 Å². The summed E-state index contributed by atoms with van der Waals surface area (Å²) in [6.45, 7) is 6.61. The Kier molecular flexibility index (Phi) is 4.40. The van der Waals surface area contributed by atoms with Crippen LogP contribution in [0.1, 0.15) is 32.6 Å². The van der Waals surface area contributed by atoms with E-state index in [9.17, 15) is 4.79 Å². The minimum Gasteiger partial charge on any atom is -0.341 e. The molecule has 0 aromatic carbocycles. The summed E-state index contributed by atoms with van der Waals surface area (Å²) in [5.41, 5.74) is 0. The molecule has 2 aliphatic heterocycles. The lowest BCUT2D eigenvalue weighted by molar-refractivity contribution is -0.134. The van der Waals surface area contributed by atoms with Crippen molar-refractivity contribution in [1.82, 2.24) is 15.1 Å². The Hall–Kier alpha value is -0.610. The average Bonchev–Trinajstić information content (AvgIpc) is 2.91. The van der Waals surface area contributed by atoms with Crippen molar-refractivity contribution < 1.29 is 4.79 Å². The van der Waals surface area contributed by atoms with Crippen molar-refractivity contribution in [3.63, 3.8) is 0 Å². The zero-order valence-electron chi connectivity index (χ0n) is 11.1. The van der Waals surface area contributed by atoms with Crippen LogP contribution in [0.2, 0.25) is 0 Å². The highest BCUT2D eigenvalue weighted by Crippen LogP contribution is 2.17. The quantitative estimate of drug-likeness (QED) is 0.787. The van der Waals surface area contributed by atoms with E-state index in [1.54, 1.807) is 0 Å². The van der Waals surface area contributed by atoms with E-state index in [2.05, 4.69) is 17.1 Å². The smallest absolute Gasteiger partial charge is 0.239 e.